The third-order valence-corrected chi connectivity index (χ3v) is 7.40. The zero-order valence-electron chi connectivity index (χ0n) is 19.1. The summed E-state index contributed by atoms with van der Waals surface area (Å²) in [6, 6.07) is 10.5. The predicted octanol–water partition coefficient (Wildman–Crippen LogP) is 3.72. The average molecular weight is 445 g/mol. The minimum Gasteiger partial charge on any atom is -0.329 e. The molecule has 2 aromatic rings. The maximum absolute atomic E-state index is 13.0. The van der Waals surface area contributed by atoms with E-state index in [9.17, 15) is 9.59 Å². The Morgan fingerprint density at radius 3 is 2.82 bits per heavy atom. The summed E-state index contributed by atoms with van der Waals surface area (Å²) >= 11 is 0. The first-order valence-corrected chi connectivity index (χ1v) is 12.1. The number of piperidine rings is 1. The summed E-state index contributed by atoms with van der Waals surface area (Å²) in [7, 11) is 0. The lowest BCUT2D eigenvalue weighted by molar-refractivity contribution is -0.126. The largest absolute Gasteiger partial charge is 0.329 e. The zero-order valence-corrected chi connectivity index (χ0v) is 19.1. The molecule has 0 spiro atoms. The van der Waals surface area contributed by atoms with Crippen molar-refractivity contribution in [3.8, 4) is 0 Å². The Balaban J connectivity index is 1.25. The van der Waals surface area contributed by atoms with E-state index < -0.39 is 6.04 Å². The standard InChI is InChI=1S/C27H32N4O2/c1-18-8-11-25(26(32)30-18)31-17-22-14-19(9-10-23(22)27(31)33)13-21-6-2-3-7-24(21)29-16-20-5-4-12-28-15-20/h4-5,9-10,12,14-15,21,24-25,29H,1-3,6-8,11,13,16-17H2,(H,30,32)/t21-,24+,25?/m1/s1. The summed E-state index contributed by atoms with van der Waals surface area (Å²) in [4.78, 5) is 31.4. The highest BCUT2D eigenvalue weighted by Gasteiger charge is 2.38. The second kappa shape index (κ2) is 9.48. The molecule has 6 nitrogen and oxygen atoms in total. The van der Waals surface area contributed by atoms with Crippen molar-refractivity contribution in [3.63, 3.8) is 0 Å². The number of aromatic nitrogens is 1. The zero-order chi connectivity index (χ0) is 22.8. The van der Waals surface area contributed by atoms with Crippen LogP contribution in [0.25, 0.3) is 0 Å². The lowest BCUT2D eigenvalue weighted by atomic mass is 9.80. The molecule has 2 amide bonds. The van der Waals surface area contributed by atoms with Crippen molar-refractivity contribution in [1.29, 1.82) is 0 Å². The Morgan fingerprint density at radius 1 is 1.12 bits per heavy atom. The maximum atomic E-state index is 13.0. The number of nitrogens with zero attached hydrogens (tertiary/aromatic N) is 2. The number of rotatable bonds is 6. The van der Waals surface area contributed by atoms with E-state index in [0.29, 0.717) is 24.9 Å². The SMILES string of the molecule is C=C1CCC(N2Cc3cc(C[C@H]4CCCC[C@@H]4NCc4cccnc4)ccc3C2=O)C(=O)N1. The van der Waals surface area contributed by atoms with Crippen LogP contribution in [0.1, 0.15) is 65.6 Å². The quantitative estimate of drug-likeness (QED) is 0.712. The molecule has 0 bridgehead atoms. The van der Waals surface area contributed by atoms with Crippen molar-refractivity contribution in [2.45, 2.75) is 70.1 Å². The van der Waals surface area contributed by atoms with Crippen LogP contribution in [0.15, 0.2) is 55.0 Å². The molecule has 1 unspecified atom stereocenters. The molecule has 1 saturated carbocycles. The second-order valence-electron chi connectivity index (χ2n) is 9.67. The van der Waals surface area contributed by atoms with E-state index in [1.165, 1.54) is 36.8 Å². The van der Waals surface area contributed by atoms with E-state index in [4.69, 9.17) is 0 Å². The number of carbonyl (C=O) groups excluding carboxylic acids is 2. The van der Waals surface area contributed by atoms with Gasteiger partial charge in [-0.2, -0.15) is 0 Å². The Bertz CT molecular complexity index is 1050. The van der Waals surface area contributed by atoms with Crippen molar-refractivity contribution in [3.05, 3.63) is 77.3 Å². The molecule has 172 valence electrons. The van der Waals surface area contributed by atoms with Gasteiger partial charge in [-0.05, 0) is 66.8 Å². The monoisotopic (exact) mass is 444 g/mol. The Labute approximate surface area is 195 Å². The van der Waals surface area contributed by atoms with Crippen LogP contribution in [-0.4, -0.2) is 33.8 Å². The number of hydrogen-bond donors (Lipinski definition) is 2. The molecule has 5 rings (SSSR count). The van der Waals surface area contributed by atoms with Crippen molar-refractivity contribution < 1.29 is 9.59 Å². The van der Waals surface area contributed by atoms with Crippen molar-refractivity contribution in [1.82, 2.24) is 20.5 Å². The Morgan fingerprint density at radius 2 is 2.00 bits per heavy atom. The van der Waals surface area contributed by atoms with E-state index in [1.807, 2.05) is 24.5 Å². The molecule has 1 aromatic carbocycles. The molecule has 0 radical (unpaired) electrons. The minimum atomic E-state index is -0.404. The first-order valence-electron chi connectivity index (χ1n) is 12.1. The minimum absolute atomic E-state index is 0.0297. The molecule has 6 heteroatoms. The van der Waals surface area contributed by atoms with Crippen LogP contribution in [0.2, 0.25) is 0 Å². The molecule has 2 aliphatic heterocycles. The Hall–Kier alpha value is -2.99. The van der Waals surface area contributed by atoms with Gasteiger partial charge in [-0.1, -0.05) is 37.6 Å². The first-order chi connectivity index (χ1) is 16.1. The molecule has 3 heterocycles. The van der Waals surface area contributed by atoms with Crippen LogP contribution in [0.4, 0.5) is 0 Å². The van der Waals surface area contributed by atoms with Gasteiger partial charge < -0.3 is 15.5 Å². The molecule has 33 heavy (non-hydrogen) atoms. The summed E-state index contributed by atoms with van der Waals surface area (Å²) < 4.78 is 0. The summed E-state index contributed by atoms with van der Waals surface area (Å²) in [6.07, 6.45) is 11.1. The third kappa shape index (κ3) is 4.71. The van der Waals surface area contributed by atoms with E-state index in [2.05, 4.69) is 40.4 Å². The number of nitrogens with one attached hydrogen (secondary N) is 2. The molecule has 2 N–H and O–H groups in total. The smallest absolute Gasteiger partial charge is 0.255 e. The van der Waals surface area contributed by atoms with Crippen LogP contribution in [0, 0.1) is 5.92 Å². The van der Waals surface area contributed by atoms with E-state index >= 15 is 0 Å². The molecule has 1 saturated heterocycles. The number of pyridine rings is 1. The summed E-state index contributed by atoms with van der Waals surface area (Å²) in [5, 5.41) is 6.58. The third-order valence-electron chi connectivity index (χ3n) is 7.40. The number of benzene rings is 1. The number of hydrogen-bond acceptors (Lipinski definition) is 4. The molecule has 3 atom stereocenters. The summed E-state index contributed by atoms with van der Waals surface area (Å²) in [6.45, 7) is 5.20. The van der Waals surface area contributed by atoms with Crippen LogP contribution in [0.3, 0.4) is 0 Å². The highest BCUT2D eigenvalue weighted by Crippen LogP contribution is 2.32. The fourth-order valence-electron chi connectivity index (χ4n) is 5.61. The van der Waals surface area contributed by atoms with Crippen LogP contribution in [-0.2, 0) is 24.3 Å². The second-order valence-corrected chi connectivity index (χ2v) is 9.67. The van der Waals surface area contributed by atoms with Gasteiger partial charge in [0, 0.05) is 42.8 Å². The number of amides is 2. The fourth-order valence-corrected chi connectivity index (χ4v) is 5.61. The van der Waals surface area contributed by atoms with Gasteiger partial charge in [0.25, 0.3) is 5.91 Å². The van der Waals surface area contributed by atoms with Gasteiger partial charge in [0.15, 0.2) is 0 Å². The lowest BCUT2D eigenvalue weighted by Gasteiger charge is -2.32. The predicted molar refractivity (Wildman–Crippen MR) is 127 cm³/mol. The lowest BCUT2D eigenvalue weighted by Crippen LogP contribution is -2.49. The fraction of sp³-hybridized carbons (Fsp3) is 0.444. The molecular formula is C27H32N4O2. The van der Waals surface area contributed by atoms with Crippen molar-refractivity contribution >= 4 is 11.8 Å². The maximum Gasteiger partial charge on any atom is 0.255 e. The number of allylic oxidation sites excluding steroid dienone is 1. The van der Waals surface area contributed by atoms with E-state index in [1.54, 1.807) is 4.90 Å². The normalized spacial score (nSPS) is 25.2. The van der Waals surface area contributed by atoms with Gasteiger partial charge in [-0.3, -0.25) is 14.6 Å². The number of carbonyl (C=O) groups is 2. The van der Waals surface area contributed by atoms with Crippen molar-refractivity contribution in [2.75, 3.05) is 0 Å². The molecule has 2 fully saturated rings. The highest BCUT2D eigenvalue weighted by molar-refractivity contribution is 6.01. The Kier molecular flexibility index (Phi) is 6.27. The van der Waals surface area contributed by atoms with Crippen LogP contribution < -0.4 is 10.6 Å². The summed E-state index contributed by atoms with van der Waals surface area (Å²) in [5.74, 6) is 0.437. The van der Waals surface area contributed by atoms with Gasteiger partial charge in [-0.15, -0.1) is 0 Å². The molecule has 1 aromatic heterocycles. The number of fused-ring (bicyclic) bond motifs is 1. The summed E-state index contributed by atoms with van der Waals surface area (Å²) in [5.41, 5.74) is 5.02. The van der Waals surface area contributed by atoms with Gasteiger partial charge >= 0.3 is 0 Å². The molecule has 1 aliphatic carbocycles. The topological polar surface area (TPSA) is 74.3 Å². The van der Waals surface area contributed by atoms with Gasteiger partial charge in [0.05, 0.1) is 0 Å². The average Bonchev–Trinajstić information content (AvgIpc) is 3.14. The highest BCUT2D eigenvalue weighted by atomic mass is 16.2. The van der Waals surface area contributed by atoms with Crippen LogP contribution in [0.5, 0.6) is 0 Å². The van der Waals surface area contributed by atoms with E-state index in [-0.39, 0.29) is 11.8 Å². The van der Waals surface area contributed by atoms with Gasteiger partial charge in [-0.25, -0.2) is 0 Å². The van der Waals surface area contributed by atoms with Crippen LogP contribution >= 0.6 is 0 Å². The first kappa shape index (κ1) is 21.8. The van der Waals surface area contributed by atoms with E-state index in [0.717, 1.165) is 36.2 Å². The van der Waals surface area contributed by atoms with Gasteiger partial charge in [0.1, 0.15) is 6.04 Å². The molecular weight excluding hydrogens is 412 g/mol. The molecule has 3 aliphatic rings. The van der Waals surface area contributed by atoms with Gasteiger partial charge in [0.2, 0.25) is 5.91 Å². The van der Waals surface area contributed by atoms with Crippen molar-refractivity contribution in [2.24, 2.45) is 5.92 Å².